The molecular weight excluding hydrogens is 813 g/mol. The van der Waals surface area contributed by atoms with E-state index in [0.29, 0.717) is 22.7 Å². The Morgan fingerprint density at radius 2 is 1.72 bits per heavy atom. The molecule has 7 rings (SSSR count). The minimum absolute atomic E-state index is 0. The van der Waals surface area contributed by atoms with Crippen molar-refractivity contribution in [1.82, 2.24) is 4.98 Å². The molecule has 4 aromatic carbocycles. The average molecular weight is 863 g/mol. The number of pyridine rings is 1. The van der Waals surface area contributed by atoms with E-state index in [9.17, 15) is 0 Å². The van der Waals surface area contributed by atoms with Crippen LogP contribution in [0.25, 0.3) is 33.2 Å². The van der Waals surface area contributed by atoms with Gasteiger partial charge in [0, 0.05) is 25.5 Å². The summed E-state index contributed by atoms with van der Waals surface area (Å²) in [7, 11) is 0. The van der Waals surface area contributed by atoms with Gasteiger partial charge in [0.25, 0.3) is 0 Å². The van der Waals surface area contributed by atoms with Crippen molar-refractivity contribution in [3.05, 3.63) is 126 Å². The van der Waals surface area contributed by atoms with E-state index in [1.54, 1.807) is 12.1 Å². The Morgan fingerprint density at radius 3 is 2.43 bits per heavy atom. The molecule has 0 N–H and O–H groups in total. The van der Waals surface area contributed by atoms with Crippen molar-refractivity contribution in [3.63, 3.8) is 0 Å². The molecular formula is C42H44GeIrN2O-2. The molecule has 0 bridgehead atoms. The van der Waals surface area contributed by atoms with Crippen LogP contribution in [0.5, 0.6) is 0 Å². The fourth-order valence-corrected chi connectivity index (χ4v) is 8.98. The topological polar surface area (TPSA) is 38.4 Å². The predicted octanol–water partition coefficient (Wildman–Crippen LogP) is 11.0. The summed E-state index contributed by atoms with van der Waals surface area (Å²) in [4.78, 5) is 9.49. The van der Waals surface area contributed by atoms with E-state index in [2.05, 4.69) is 71.6 Å². The largest absolute Gasteiger partial charge is 0 e. The monoisotopic (exact) mass is 864 g/mol. The van der Waals surface area contributed by atoms with Gasteiger partial charge in [-0.05, 0) is 29.3 Å². The third-order valence-corrected chi connectivity index (χ3v) is 12.4. The van der Waals surface area contributed by atoms with Crippen molar-refractivity contribution in [2.45, 2.75) is 70.5 Å². The maximum atomic E-state index is 8.80. The number of hydrogen-bond acceptors (Lipinski definition) is 3. The minimum Gasteiger partial charge on any atom is 0 e. The first-order valence-electron chi connectivity index (χ1n) is 18.4. The van der Waals surface area contributed by atoms with Gasteiger partial charge < -0.3 is 9.41 Å². The van der Waals surface area contributed by atoms with E-state index < -0.39 is 31.9 Å². The molecule has 47 heavy (non-hydrogen) atoms. The van der Waals surface area contributed by atoms with Gasteiger partial charge in [0.1, 0.15) is 5.58 Å². The number of aromatic nitrogens is 1. The SMILES string of the molecule is CCC1C(c2[c-]ccc3c2oc2ccccc23)=Nc2ccccc21.[2H]C([2H])([2H])c1c[c-]c(-c2cc(C([2H])([2H])C(C)(C)C)[c]([Ge]([CH3])([CH3])[CH3])cn2)cc1.[Ir]. The Bertz CT molecular complexity index is 2250. The molecule has 0 saturated heterocycles. The zero-order valence-corrected chi connectivity index (χ0v) is 32.6. The predicted molar refractivity (Wildman–Crippen MR) is 198 cm³/mol. The fourth-order valence-electron chi connectivity index (χ4n) is 6.06. The normalized spacial score (nSPS) is 16.4. The summed E-state index contributed by atoms with van der Waals surface area (Å²) in [5.41, 5.74) is 7.89. The number of aliphatic imine (C=N–C) groups is 1. The van der Waals surface area contributed by atoms with Gasteiger partial charge in [-0.25, -0.2) is 0 Å². The Labute approximate surface area is 303 Å². The third-order valence-electron chi connectivity index (χ3n) is 8.20. The van der Waals surface area contributed by atoms with E-state index in [-0.39, 0.29) is 25.7 Å². The maximum absolute atomic E-state index is 8.80. The van der Waals surface area contributed by atoms with Gasteiger partial charge in [-0.3, -0.25) is 0 Å². The van der Waals surface area contributed by atoms with Crippen LogP contribution >= 0.6 is 0 Å². The number of hydrogen-bond donors (Lipinski definition) is 0. The van der Waals surface area contributed by atoms with E-state index in [1.165, 1.54) is 11.6 Å². The van der Waals surface area contributed by atoms with Gasteiger partial charge in [0.05, 0.1) is 11.3 Å². The Hall–Kier alpha value is -3.31. The zero-order chi connectivity index (χ0) is 36.9. The standard InChI is InChI=1S/C22H16NO.C20H28GeN.Ir/c1-2-14-15-8-3-5-12-19(15)23-21(14)18-11-7-10-17-16-9-4-6-13-20(16)24-22(17)18;1-15-8-10-16(11-9-15)19-12-17(13-20(2,3)4)18(14-22-19)21(5,6)7;/h3-10,12-14H,2H2,1H3;8-10,12,14H,13H2,1-7H3;/q2*-1;/i;1D3,13D2;. The van der Waals surface area contributed by atoms with Crippen molar-refractivity contribution in [1.29, 1.82) is 0 Å². The van der Waals surface area contributed by atoms with Crippen molar-refractivity contribution >= 4 is 51.0 Å². The second kappa shape index (κ2) is 14.0. The number of rotatable bonds is 5. The maximum Gasteiger partial charge on any atom is 0 e. The molecule has 1 aliphatic rings. The van der Waals surface area contributed by atoms with Crippen LogP contribution in [0.3, 0.4) is 0 Å². The molecule has 0 fully saturated rings. The average Bonchev–Trinajstić information content (AvgIpc) is 3.65. The number of aryl methyl sites for hydroxylation is 1. The number of benzene rings is 4. The van der Waals surface area contributed by atoms with Gasteiger partial charge in [0.15, 0.2) is 0 Å². The number of furan rings is 1. The molecule has 1 aliphatic heterocycles. The van der Waals surface area contributed by atoms with Crippen LogP contribution in [0.15, 0.2) is 101 Å². The van der Waals surface area contributed by atoms with Crippen LogP contribution in [0.2, 0.25) is 17.3 Å². The quantitative estimate of drug-likeness (QED) is 0.128. The smallest absolute Gasteiger partial charge is 0 e. The van der Waals surface area contributed by atoms with E-state index >= 15 is 0 Å². The summed E-state index contributed by atoms with van der Waals surface area (Å²) in [6, 6.07) is 33.6. The van der Waals surface area contributed by atoms with E-state index in [1.807, 2.05) is 63.4 Å². The summed E-state index contributed by atoms with van der Waals surface area (Å²) in [6.45, 7) is 5.76. The summed E-state index contributed by atoms with van der Waals surface area (Å²) in [5, 5.41) is 2.28. The van der Waals surface area contributed by atoms with Crippen LogP contribution in [0.4, 0.5) is 5.69 Å². The zero-order valence-electron chi connectivity index (χ0n) is 33.1. The summed E-state index contributed by atoms with van der Waals surface area (Å²) in [5.74, 6) is 7.00. The first-order chi connectivity index (χ1) is 23.9. The van der Waals surface area contributed by atoms with E-state index in [4.69, 9.17) is 16.3 Å². The van der Waals surface area contributed by atoms with E-state index in [0.717, 1.165) is 49.7 Å². The van der Waals surface area contributed by atoms with Crippen molar-refractivity contribution in [2.75, 3.05) is 0 Å². The van der Waals surface area contributed by atoms with Crippen molar-refractivity contribution < 1.29 is 31.4 Å². The van der Waals surface area contributed by atoms with Crippen LogP contribution in [-0.2, 0) is 26.5 Å². The first kappa shape index (κ1) is 28.7. The molecule has 1 unspecified atom stereocenters. The van der Waals surface area contributed by atoms with Gasteiger partial charge in [-0.1, -0.05) is 60.7 Å². The molecule has 0 aliphatic carbocycles. The molecule has 3 heterocycles. The van der Waals surface area contributed by atoms with Crippen molar-refractivity contribution in [3.8, 4) is 11.3 Å². The Balaban J connectivity index is 0.000000198. The second-order valence-electron chi connectivity index (χ2n) is 13.9. The third kappa shape index (κ3) is 7.56. The Morgan fingerprint density at radius 1 is 0.957 bits per heavy atom. The molecule has 2 aromatic heterocycles. The number of para-hydroxylation sites is 2. The molecule has 0 spiro atoms. The molecule has 1 radical (unpaired) electrons. The minimum atomic E-state index is -2.36. The summed E-state index contributed by atoms with van der Waals surface area (Å²) in [6.07, 6.45) is 1.32. The fraction of sp³-hybridized carbons (Fsp3) is 0.286. The van der Waals surface area contributed by atoms with Crippen molar-refractivity contribution in [2.24, 2.45) is 10.4 Å². The number of fused-ring (bicyclic) bond motifs is 4. The van der Waals surface area contributed by atoms with Crippen LogP contribution in [0.1, 0.15) is 69.1 Å². The second-order valence-corrected chi connectivity index (χ2v) is 24.5. The van der Waals surface area contributed by atoms with Gasteiger partial charge in [-0.2, -0.15) is 0 Å². The molecule has 1 atom stereocenters. The van der Waals surface area contributed by atoms with Gasteiger partial charge in [0.2, 0.25) is 0 Å². The Kier molecular flexibility index (Phi) is 8.57. The number of nitrogens with zero attached hydrogens (tertiary/aromatic N) is 2. The molecule has 3 nitrogen and oxygen atoms in total. The molecule has 0 saturated carbocycles. The van der Waals surface area contributed by atoms with Crippen LogP contribution in [0, 0.1) is 24.4 Å². The molecule has 5 heteroatoms. The van der Waals surface area contributed by atoms with Gasteiger partial charge >= 0.3 is 145 Å². The summed E-state index contributed by atoms with van der Waals surface area (Å²) >= 11 is -2.36. The van der Waals surface area contributed by atoms with Crippen LogP contribution < -0.4 is 4.40 Å². The van der Waals surface area contributed by atoms with Gasteiger partial charge in [-0.15, -0.1) is 18.2 Å². The molecule has 6 aromatic rings. The molecule has 243 valence electrons. The molecule has 0 amide bonds. The van der Waals surface area contributed by atoms with Crippen LogP contribution in [-0.4, -0.2) is 24.0 Å². The summed E-state index contributed by atoms with van der Waals surface area (Å²) < 4.78 is 47.3. The first-order valence-corrected chi connectivity index (χ1v) is 23.3.